The molecule has 0 aromatic heterocycles. The number of nitrogens with two attached hydrogens (primary N) is 1. The molecule has 0 radical (unpaired) electrons. The first-order valence-electron chi connectivity index (χ1n) is 6.76. The van der Waals surface area contributed by atoms with E-state index >= 15 is 0 Å². The van der Waals surface area contributed by atoms with Gasteiger partial charge in [0.1, 0.15) is 0 Å². The van der Waals surface area contributed by atoms with Gasteiger partial charge in [-0.25, -0.2) is 4.39 Å². The van der Waals surface area contributed by atoms with E-state index in [0.717, 1.165) is 6.42 Å². The molecule has 106 valence electrons. The Labute approximate surface area is 119 Å². The summed E-state index contributed by atoms with van der Waals surface area (Å²) in [6.07, 6.45) is 1.54. The number of hydrogen-bond donors (Lipinski definition) is 1. The predicted molar refractivity (Wildman–Crippen MR) is 79.4 cm³/mol. The Balaban J connectivity index is 2.09. The molecule has 0 aliphatic carbocycles. The van der Waals surface area contributed by atoms with E-state index in [1.54, 1.807) is 18.2 Å². The third-order valence-electron chi connectivity index (χ3n) is 3.60. The van der Waals surface area contributed by atoms with Gasteiger partial charge in [0, 0.05) is 11.6 Å². The Morgan fingerprint density at radius 1 is 1.15 bits per heavy atom. The van der Waals surface area contributed by atoms with Crippen LogP contribution in [-0.2, 0) is 6.42 Å². The van der Waals surface area contributed by atoms with Crippen molar-refractivity contribution >= 4 is 0 Å². The largest absolute Gasteiger partial charge is 0.494 e. The minimum Gasteiger partial charge on any atom is -0.494 e. The van der Waals surface area contributed by atoms with Gasteiger partial charge in [-0.05, 0) is 37.0 Å². The van der Waals surface area contributed by atoms with Gasteiger partial charge in [0.15, 0.2) is 11.6 Å². The first-order chi connectivity index (χ1) is 9.63. The van der Waals surface area contributed by atoms with Crippen molar-refractivity contribution in [3.05, 3.63) is 65.0 Å². The zero-order valence-electron chi connectivity index (χ0n) is 11.9. The number of aryl methyl sites for hydroxylation is 2. The van der Waals surface area contributed by atoms with E-state index < -0.39 is 0 Å². The van der Waals surface area contributed by atoms with E-state index in [4.69, 9.17) is 10.5 Å². The molecule has 0 spiro atoms. The molecule has 0 heterocycles. The summed E-state index contributed by atoms with van der Waals surface area (Å²) in [6.45, 7) is 2.08. The van der Waals surface area contributed by atoms with Gasteiger partial charge < -0.3 is 10.5 Å². The monoisotopic (exact) mass is 273 g/mol. The fourth-order valence-electron chi connectivity index (χ4n) is 2.33. The van der Waals surface area contributed by atoms with Crippen molar-refractivity contribution in [2.75, 3.05) is 7.11 Å². The first kappa shape index (κ1) is 14.5. The van der Waals surface area contributed by atoms with Crippen LogP contribution in [0.25, 0.3) is 0 Å². The van der Waals surface area contributed by atoms with Crippen LogP contribution in [0.3, 0.4) is 0 Å². The third kappa shape index (κ3) is 3.17. The summed E-state index contributed by atoms with van der Waals surface area (Å²) in [5.74, 6) is -0.110. The summed E-state index contributed by atoms with van der Waals surface area (Å²) in [5, 5.41) is 0. The molecule has 0 fully saturated rings. The Morgan fingerprint density at radius 2 is 1.90 bits per heavy atom. The Bertz CT molecular complexity index is 583. The second-order valence-electron chi connectivity index (χ2n) is 4.94. The summed E-state index contributed by atoms with van der Waals surface area (Å²) < 4.78 is 19.1. The summed E-state index contributed by atoms with van der Waals surface area (Å²) >= 11 is 0. The van der Waals surface area contributed by atoms with Crippen LogP contribution in [0.5, 0.6) is 5.75 Å². The highest BCUT2D eigenvalue weighted by atomic mass is 19.1. The average Bonchev–Trinajstić information content (AvgIpc) is 2.46. The summed E-state index contributed by atoms with van der Waals surface area (Å²) in [6, 6.07) is 13.0. The quantitative estimate of drug-likeness (QED) is 0.900. The molecule has 0 saturated carbocycles. The van der Waals surface area contributed by atoms with Gasteiger partial charge in [0.05, 0.1) is 7.11 Å². The molecule has 0 saturated heterocycles. The van der Waals surface area contributed by atoms with E-state index in [9.17, 15) is 4.39 Å². The number of halogens is 1. The standard InChI is InChI=1S/C17H20FNO/c1-12-6-3-4-7-13(12)10-11-15(19)14-8-5-9-16(20-2)17(14)18/h3-9,15H,10-11,19H2,1-2H3. The molecule has 20 heavy (non-hydrogen) atoms. The van der Waals surface area contributed by atoms with Crippen LogP contribution in [0.1, 0.15) is 29.2 Å². The third-order valence-corrected chi connectivity index (χ3v) is 3.60. The van der Waals surface area contributed by atoms with Crippen LogP contribution in [0.2, 0.25) is 0 Å². The minimum atomic E-state index is -0.354. The van der Waals surface area contributed by atoms with Gasteiger partial charge in [0.2, 0.25) is 0 Å². The van der Waals surface area contributed by atoms with E-state index in [-0.39, 0.29) is 17.6 Å². The van der Waals surface area contributed by atoms with Crippen molar-refractivity contribution < 1.29 is 9.13 Å². The number of hydrogen-bond acceptors (Lipinski definition) is 2. The van der Waals surface area contributed by atoms with Crippen LogP contribution in [0, 0.1) is 12.7 Å². The highest BCUT2D eigenvalue weighted by molar-refractivity contribution is 5.33. The van der Waals surface area contributed by atoms with E-state index in [1.807, 2.05) is 12.1 Å². The maximum absolute atomic E-state index is 14.1. The van der Waals surface area contributed by atoms with Crippen molar-refractivity contribution in [1.29, 1.82) is 0 Å². The van der Waals surface area contributed by atoms with Crippen LogP contribution < -0.4 is 10.5 Å². The van der Waals surface area contributed by atoms with E-state index in [0.29, 0.717) is 12.0 Å². The number of benzene rings is 2. The fraction of sp³-hybridized carbons (Fsp3) is 0.294. The molecule has 0 amide bonds. The molecular formula is C17H20FNO. The number of ether oxygens (including phenoxy) is 1. The average molecular weight is 273 g/mol. The molecule has 2 aromatic rings. The lowest BCUT2D eigenvalue weighted by Gasteiger charge is -2.15. The fourth-order valence-corrected chi connectivity index (χ4v) is 2.33. The van der Waals surface area contributed by atoms with Crippen LogP contribution in [0.4, 0.5) is 4.39 Å². The van der Waals surface area contributed by atoms with Gasteiger partial charge in [0.25, 0.3) is 0 Å². The highest BCUT2D eigenvalue weighted by Gasteiger charge is 2.15. The highest BCUT2D eigenvalue weighted by Crippen LogP contribution is 2.26. The van der Waals surface area contributed by atoms with E-state index in [1.165, 1.54) is 18.2 Å². The smallest absolute Gasteiger partial charge is 0.169 e. The zero-order chi connectivity index (χ0) is 14.5. The zero-order valence-corrected chi connectivity index (χ0v) is 11.9. The molecule has 1 atom stereocenters. The van der Waals surface area contributed by atoms with Gasteiger partial charge in [-0.15, -0.1) is 0 Å². The van der Waals surface area contributed by atoms with Crippen LogP contribution in [0.15, 0.2) is 42.5 Å². The summed E-state index contributed by atoms with van der Waals surface area (Å²) in [5.41, 5.74) is 9.13. The molecule has 1 unspecified atom stereocenters. The van der Waals surface area contributed by atoms with Gasteiger partial charge in [-0.3, -0.25) is 0 Å². The molecular weight excluding hydrogens is 253 g/mol. The maximum atomic E-state index is 14.1. The molecule has 0 aliphatic rings. The van der Waals surface area contributed by atoms with Crippen LogP contribution in [-0.4, -0.2) is 7.11 Å². The summed E-state index contributed by atoms with van der Waals surface area (Å²) in [7, 11) is 1.46. The molecule has 2 nitrogen and oxygen atoms in total. The maximum Gasteiger partial charge on any atom is 0.169 e. The SMILES string of the molecule is COc1cccc(C(N)CCc2ccccc2C)c1F. The van der Waals surface area contributed by atoms with E-state index in [2.05, 4.69) is 19.1 Å². The second-order valence-corrected chi connectivity index (χ2v) is 4.94. The number of rotatable bonds is 5. The molecule has 2 rings (SSSR count). The molecule has 3 heteroatoms. The molecule has 2 N–H and O–H groups in total. The van der Waals surface area contributed by atoms with Crippen molar-refractivity contribution in [3.63, 3.8) is 0 Å². The Kier molecular flexibility index (Phi) is 4.74. The van der Waals surface area contributed by atoms with Crippen molar-refractivity contribution in [1.82, 2.24) is 0 Å². The lowest BCUT2D eigenvalue weighted by molar-refractivity contribution is 0.381. The topological polar surface area (TPSA) is 35.2 Å². The molecule has 2 aromatic carbocycles. The second kappa shape index (κ2) is 6.53. The predicted octanol–water partition coefficient (Wildman–Crippen LogP) is 3.78. The number of methoxy groups -OCH3 is 1. The Hall–Kier alpha value is -1.87. The lowest BCUT2D eigenvalue weighted by atomic mass is 9.97. The van der Waals surface area contributed by atoms with Gasteiger partial charge in [-0.2, -0.15) is 0 Å². The van der Waals surface area contributed by atoms with Crippen molar-refractivity contribution in [3.8, 4) is 5.75 Å². The lowest BCUT2D eigenvalue weighted by Crippen LogP contribution is -2.14. The molecule has 0 bridgehead atoms. The molecule has 0 aliphatic heterocycles. The Morgan fingerprint density at radius 3 is 2.60 bits per heavy atom. The van der Waals surface area contributed by atoms with Crippen LogP contribution >= 0.6 is 0 Å². The minimum absolute atomic E-state index is 0.244. The van der Waals surface area contributed by atoms with Gasteiger partial charge in [-0.1, -0.05) is 36.4 Å². The first-order valence-corrected chi connectivity index (χ1v) is 6.76. The van der Waals surface area contributed by atoms with Crippen molar-refractivity contribution in [2.45, 2.75) is 25.8 Å². The normalized spacial score (nSPS) is 12.2. The van der Waals surface area contributed by atoms with Crippen molar-refractivity contribution in [2.24, 2.45) is 5.73 Å². The van der Waals surface area contributed by atoms with Gasteiger partial charge >= 0.3 is 0 Å². The summed E-state index contributed by atoms with van der Waals surface area (Å²) in [4.78, 5) is 0.